The highest BCUT2D eigenvalue weighted by Gasteiger charge is 2.32. The summed E-state index contributed by atoms with van der Waals surface area (Å²) in [6.45, 7) is 6.41. The molecule has 1 unspecified atom stereocenters. The monoisotopic (exact) mass is 276 g/mol. The number of Topliss-reactive ketones (excluding diaryl/α,β-unsaturated/α-hetero) is 1. The van der Waals surface area contributed by atoms with E-state index in [1.807, 2.05) is 11.8 Å². The summed E-state index contributed by atoms with van der Waals surface area (Å²) in [5.74, 6) is 0.645. The van der Waals surface area contributed by atoms with Gasteiger partial charge in [0.25, 0.3) is 5.91 Å². The highest BCUT2D eigenvalue weighted by atomic mass is 16.2. The molecular weight excluding hydrogens is 256 g/mol. The molecule has 108 valence electrons. The van der Waals surface area contributed by atoms with Crippen LogP contribution in [0.2, 0.25) is 0 Å². The van der Waals surface area contributed by atoms with Crippen LogP contribution in [0.4, 0.5) is 0 Å². The number of hydrogen-bond acceptors (Lipinski definition) is 5. The number of carbonyl (C=O) groups is 2. The smallest absolute Gasteiger partial charge is 0.294 e. The lowest BCUT2D eigenvalue weighted by Gasteiger charge is -2.37. The Kier molecular flexibility index (Phi) is 4.22. The van der Waals surface area contributed by atoms with Gasteiger partial charge in [0.05, 0.1) is 6.54 Å². The molecule has 2 aliphatic rings. The van der Waals surface area contributed by atoms with Gasteiger partial charge in [-0.25, -0.2) is 4.99 Å². The number of carbonyl (C=O) groups excluding carboxylic acids is 2. The molecule has 6 heteroatoms. The van der Waals surface area contributed by atoms with Crippen molar-refractivity contribution in [2.45, 2.75) is 33.2 Å². The van der Waals surface area contributed by atoms with Gasteiger partial charge in [0.15, 0.2) is 11.6 Å². The predicted octanol–water partition coefficient (Wildman–Crippen LogP) is 0.736. The van der Waals surface area contributed by atoms with Crippen molar-refractivity contribution in [3.8, 4) is 0 Å². The van der Waals surface area contributed by atoms with Crippen molar-refractivity contribution in [2.75, 3.05) is 6.54 Å². The van der Waals surface area contributed by atoms with E-state index >= 15 is 0 Å². The van der Waals surface area contributed by atoms with Crippen LogP contribution < -0.4 is 10.6 Å². The molecule has 2 aliphatic heterocycles. The molecule has 2 heterocycles. The van der Waals surface area contributed by atoms with Crippen molar-refractivity contribution in [1.29, 1.82) is 0 Å². The molecule has 1 atom stereocenters. The standard InChI is InChI=1S/C14H20N4O2/c1-9(2)7-10(3)18-8-11(19)14(20)17-13(18)12-15-5-4-6-16-12/h4-6,9-10,15H,7-8H2,1-3H3,(H,17,20). The first-order valence-electron chi connectivity index (χ1n) is 6.80. The molecule has 0 spiro atoms. The summed E-state index contributed by atoms with van der Waals surface area (Å²) in [6, 6.07) is 0.143. The molecule has 0 saturated carbocycles. The molecule has 1 fully saturated rings. The highest BCUT2D eigenvalue weighted by Crippen LogP contribution is 2.20. The van der Waals surface area contributed by atoms with Crippen molar-refractivity contribution >= 4 is 17.9 Å². The van der Waals surface area contributed by atoms with E-state index in [4.69, 9.17) is 0 Å². The van der Waals surface area contributed by atoms with E-state index in [0.29, 0.717) is 17.6 Å². The Balaban J connectivity index is 2.29. The van der Waals surface area contributed by atoms with Crippen LogP contribution in [0.15, 0.2) is 28.9 Å². The Morgan fingerprint density at radius 3 is 2.70 bits per heavy atom. The molecule has 1 saturated heterocycles. The number of ketones is 1. The molecule has 0 bridgehead atoms. The van der Waals surface area contributed by atoms with Crippen molar-refractivity contribution in [3.63, 3.8) is 0 Å². The largest absolute Gasteiger partial charge is 0.344 e. The average Bonchev–Trinajstić information content (AvgIpc) is 2.41. The van der Waals surface area contributed by atoms with Crippen LogP contribution in [0.3, 0.4) is 0 Å². The van der Waals surface area contributed by atoms with Crippen molar-refractivity contribution in [3.05, 3.63) is 23.9 Å². The van der Waals surface area contributed by atoms with Gasteiger partial charge in [0.2, 0.25) is 5.78 Å². The summed E-state index contributed by atoms with van der Waals surface area (Å²) in [4.78, 5) is 29.4. The summed E-state index contributed by atoms with van der Waals surface area (Å²) in [6.07, 6.45) is 6.08. The van der Waals surface area contributed by atoms with Gasteiger partial charge in [-0.1, -0.05) is 13.8 Å². The number of nitrogens with one attached hydrogen (secondary N) is 2. The maximum atomic E-state index is 11.7. The fraction of sp³-hybridized carbons (Fsp3) is 0.500. The minimum atomic E-state index is -0.577. The minimum Gasteiger partial charge on any atom is -0.344 e. The van der Waals surface area contributed by atoms with Crippen LogP contribution in [-0.2, 0) is 9.59 Å². The summed E-state index contributed by atoms with van der Waals surface area (Å²) in [7, 11) is 0. The fourth-order valence-electron chi connectivity index (χ4n) is 2.39. The fourth-order valence-corrected chi connectivity index (χ4v) is 2.39. The van der Waals surface area contributed by atoms with E-state index in [0.717, 1.165) is 6.42 Å². The molecule has 2 rings (SSSR count). The van der Waals surface area contributed by atoms with Crippen LogP contribution >= 0.6 is 0 Å². The van der Waals surface area contributed by atoms with Crippen LogP contribution in [-0.4, -0.2) is 35.4 Å². The second kappa shape index (κ2) is 5.90. The van der Waals surface area contributed by atoms with E-state index in [1.54, 1.807) is 18.5 Å². The minimum absolute atomic E-state index is 0.0967. The molecule has 6 nitrogen and oxygen atoms in total. The zero-order chi connectivity index (χ0) is 14.7. The Morgan fingerprint density at radius 2 is 2.10 bits per heavy atom. The lowest BCUT2D eigenvalue weighted by Crippen LogP contribution is -2.53. The van der Waals surface area contributed by atoms with Crippen LogP contribution in [0.5, 0.6) is 0 Å². The first kappa shape index (κ1) is 14.3. The maximum Gasteiger partial charge on any atom is 0.294 e. The molecule has 0 aromatic heterocycles. The van der Waals surface area contributed by atoms with Crippen LogP contribution in [0, 0.1) is 5.92 Å². The van der Waals surface area contributed by atoms with Gasteiger partial charge in [-0.2, -0.15) is 0 Å². The first-order chi connectivity index (χ1) is 9.49. The molecule has 0 aromatic carbocycles. The van der Waals surface area contributed by atoms with Gasteiger partial charge in [0.1, 0.15) is 0 Å². The maximum absolute atomic E-state index is 11.7. The summed E-state index contributed by atoms with van der Waals surface area (Å²) >= 11 is 0. The highest BCUT2D eigenvalue weighted by molar-refractivity contribution is 6.38. The number of amides is 1. The molecule has 0 radical (unpaired) electrons. The van der Waals surface area contributed by atoms with Gasteiger partial charge in [0, 0.05) is 18.5 Å². The Bertz CT molecular complexity index is 505. The third kappa shape index (κ3) is 3.07. The van der Waals surface area contributed by atoms with E-state index < -0.39 is 11.7 Å². The first-order valence-corrected chi connectivity index (χ1v) is 6.80. The van der Waals surface area contributed by atoms with Crippen molar-refractivity contribution in [2.24, 2.45) is 10.9 Å². The zero-order valence-corrected chi connectivity index (χ0v) is 12.0. The Morgan fingerprint density at radius 1 is 1.35 bits per heavy atom. The third-order valence-corrected chi connectivity index (χ3v) is 3.26. The van der Waals surface area contributed by atoms with Gasteiger partial charge < -0.3 is 15.5 Å². The number of hydrogen-bond donors (Lipinski definition) is 2. The second-order valence-corrected chi connectivity index (χ2v) is 5.46. The van der Waals surface area contributed by atoms with Crippen molar-refractivity contribution in [1.82, 2.24) is 15.5 Å². The lowest BCUT2D eigenvalue weighted by atomic mass is 10.0. The number of allylic oxidation sites excluding steroid dienone is 1. The van der Waals surface area contributed by atoms with Crippen LogP contribution in [0.25, 0.3) is 0 Å². The number of nitrogens with zero attached hydrogens (tertiary/aromatic N) is 2. The van der Waals surface area contributed by atoms with Gasteiger partial charge in [-0.15, -0.1) is 0 Å². The molecule has 0 aromatic rings. The number of aliphatic imine (C=N–C) groups is 1. The molecule has 20 heavy (non-hydrogen) atoms. The lowest BCUT2D eigenvalue weighted by molar-refractivity contribution is -0.140. The molecule has 0 aliphatic carbocycles. The van der Waals surface area contributed by atoms with E-state index in [9.17, 15) is 9.59 Å². The molecule has 2 N–H and O–H groups in total. The van der Waals surface area contributed by atoms with Crippen molar-refractivity contribution < 1.29 is 9.59 Å². The van der Waals surface area contributed by atoms with E-state index in [1.165, 1.54) is 0 Å². The summed E-state index contributed by atoms with van der Waals surface area (Å²) in [5.41, 5.74) is 0. The molecular formula is C14H20N4O2. The topological polar surface area (TPSA) is 73.8 Å². The zero-order valence-electron chi connectivity index (χ0n) is 12.0. The Labute approximate surface area is 118 Å². The van der Waals surface area contributed by atoms with E-state index in [-0.39, 0.29) is 12.6 Å². The van der Waals surface area contributed by atoms with Gasteiger partial charge in [-0.05, 0) is 25.3 Å². The number of rotatable bonds is 3. The predicted molar refractivity (Wildman–Crippen MR) is 76.6 cm³/mol. The SMILES string of the molecule is CC(C)CC(C)N1CC(=O)C(=O)NC1=C1N=CC=CN1. The second-order valence-electron chi connectivity index (χ2n) is 5.46. The van der Waals surface area contributed by atoms with Gasteiger partial charge >= 0.3 is 0 Å². The van der Waals surface area contributed by atoms with E-state index in [2.05, 4.69) is 29.5 Å². The normalized spacial score (nSPS) is 23.9. The van der Waals surface area contributed by atoms with Gasteiger partial charge in [-0.3, -0.25) is 9.59 Å². The summed E-state index contributed by atoms with van der Waals surface area (Å²) in [5, 5.41) is 5.64. The quantitative estimate of drug-likeness (QED) is 0.746. The Hall–Kier alpha value is -2.11. The third-order valence-electron chi connectivity index (χ3n) is 3.26. The summed E-state index contributed by atoms with van der Waals surface area (Å²) < 4.78 is 0. The van der Waals surface area contributed by atoms with Crippen LogP contribution in [0.1, 0.15) is 27.2 Å². The average molecular weight is 276 g/mol. The molecule has 1 amide bonds.